The molecule has 0 aliphatic carbocycles. The van der Waals surface area contributed by atoms with Crippen molar-refractivity contribution in [3.05, 3.63) is 24.2 Å². The first-order valence-electron chi connectivity index (χ1n) is 6.31. The highest BCUT2D eigenvalue weighted by atomic mass is 16.3. The quantitative estimate of drug-likeness (QED) is 0.791. The zero-order valence-electron chi connectivity index (χ0n) is 10.2. The maximum absolute atomic E-state index is 11.5. The second kappa shape index (κ2) is 4.62. The molecule has 6 heteroatoms. The molecule has 6 nitrogen and oxygen atoms in total. The summed E-state index contributed by atoms with van der Waals surface area (Å²) in [6.07, 6.45) is 1.68. The fourth-order valence-corrected chi connectivity index (χ4v) is 2.84. The van der Waals surface area contributed by atoms with E-state index in [-0.39, 0.29) is 18.1 Å². The van der Waals surface area contributed by atoms with E-state index in [1.165, 1.54) is 0 Å². The van der Waals surface area contributed by atoms with Crippen molar-refractivity contribution in [2.24, 2.45) is 5.73 Å². The highest BCUT2D eigenvalue weighted by Crippen LogP contribution is 2.24. The predicted molar refractivity (Wildman–Crippen MR) is 66.0 cm³/mol. The lowest BCUT2D eigenvalue weighted by atomic mass is 10.1. The van der Waals surface area contributed by atoms with Crippen LogP contribution in [0.25, 0.3) is 0 Å². The average molecular weight is 250 g/mol. The van der Waals surface area contributed by atoms with E-state index in [0.717, 1.165) is 31.9 Å². The number of rotatable bonds is 3. The van der Waals surface area contributed by atoms with Crippen molar-refractivity contribution in [2.45, 2.75) is 12.1 Å². The van der Waals surface area contributed by atoms with Crippen molar-refractivity contribution < 1.29 is 9.21 Å². The van der Waals surface area contributed by atoms with Gasteiger partial charge in [-0.15, -0.1) is 0 Å². The number of nitrogens with one attached hydrogen (secondary N) is 1. The SMILES string of the molecule is NCC(c1ccco1)N1CCN2C(=O)NCC2C1. The van der Waals surface area contributed by atoms with Crippen LogP contribution in [0.1, 0.15) is 11.8 Å². The molecule has 1 aromatic heterocycles. The van der Waals surface area contributed by atoms with Crippen LogP contribution in [0.4, 0.5) is 4.79 Å². The number of hydrogen-bond donors (Lipinski definition) is 2. The van der Waals surface area contributed by atoms with Gasteiger partial charge >= 0.3 is 6.03 Å². The Labute approximate surface area is 106 Å². The number of carbonyl (C=O) groups is 1. The van der Waals surface area contributed by atoms with Crippen molar-refractivity contribution in [1.82, 2.24) is 15.1 Å². The van der Waals surface area contributed by atoms with E-state index in [0.29, 0.717) is 6.54 Å². The van der Waals surface area contributed by atoms with E-state index >= 15 is 0 Å². The third kappa shape index (κ3) is 1.87. The summed E-state index contributed by atoms with van der Waals surface area (Å²) in [6, 6.07) is 4.27. The molecular weight excluding hydrogens is 232 g/mol. The van der Waals surface area contributed by atoms with Crippen molar-refractivity contribution in [3.63, 3.8) is 0 Å². The lowest BCUT2D eigenvalue weighted by Gasteiger charge is -2.39. The first kappa shape index (κ1) is 11.6. The first-order chi connectivity index (χ1) is 8.79. The molecule has 2 unspecified atom stereocenters. The molecule has 3 heterocycles. The summed E-state index contributed by atoms with van der Waals surface area (Å²) in [5, 5.41) is 2.88. The Morgan fingerprint density at radius 1 is 1.56 bits per heavy atom. The van der Waals surface area contributed by atoms with E-state index in [1.54, 1.807) is 6.26 Å². The molecule has 2 atom stereocenters. The minimum Gasteiger partial charge on any atom is -0.468 e. The Hall–Kier alpha value is -1.53. The van der Waals surface area contributed by atoms with Gasteiger partial charge in [-0.05, 0) is 12.1 Å². The molecule has 0 saturated carbocycles. The Bertz CT molecular complexity index is 420. The summed E-state index contributed by atoms with van der Waals surface area (Å²) in [4.78, 5) is 15.8. The number of furan rings is 1. The van der Waals surface area contributed by atoms with Gasteiger partial charge in [0.05, 0.1) is 18.3 Å². The van der Waals surface area contributed by atoms with Crippen LogP contribution in [-0.4, -0.2) is 54.6 Å². The van der Waals surface area contributed by atoms with Crippen LogP contribution >= 0.6 is 0 Å². The molecule has 98 valence electrons. The number of amides is 2. The van der Waals surface area contributed by atoms with Gasteiger partial charge in [-0.3, -0.25) is 4.90 Å². The molecule has 3 N–H and O–H groups in total. The van der Waals surface area contributed by atoms with Crippen molar-refractivity contribution in [1.29, 1.82) is 0 Å². The average Bonchev–Trinajstić information content (AvgIpc) is 3.01. The fourth-order valence-electron chi connectivity index (χ4n) is 2.84. The zero-order valence-corrected chi connectivity index (χ0v) is 10.2. The number of nitrogens with zero attached hydrogens (tertiary/aromatic N) is 2. The molecule has 2 saturated heterocycles. The fraction of sp³-hybridized carbons (Fsp3) is 0.583. The number of nitrogens with two attached hydrogens (primary N) is 1. The smallest absolute Gasteiger partial charge is 0.317 e. The Morgan fingerprint density at radius 3 is 3.17 bits per heavy atom. The molecule has 18 heavy (non-hydrogen) atoms. The van der Waals surface area contributed by atoms with Crippen LogP contribution in [0.15, 0.2) is 22.8 Å². The largest absolute Gasteiger partial charge is 0.468 e. The third-order valence-electron chi connectivity index (χ3n) is 3.80. The van der Waals surface area contributed by atoms with Gasteiger partial charge in [0.2, 0.25) is 0 Å². The van der Waals surface area contributed by atoms with E-state index in [2.05, 4.69) is 10.2 Å². The Kier molecular flexibility index (Phi) is 2.97. The normalized spacial score (nSPS) is 25.9. The molecule has 2 aliphatic rings. The molecule has 0 bridgehead atoms. The number of carbonyl (C=O) groups excluding carboxylic acids is 1. The van der Waals surface area contributed by atoms with Crippen LogP contribution in [0.5, 0.6) is 0 Å². The summed E-state index contributed by atoms with van der Waals surface area (Å²) < 4.78 is 5.45. The van der Waals surface area contributed by atoms with Crippen LogP contribution in [0.3, 0.4) is 0 Å². The van der Waals surface area contributed by atoms with E-state index in [4.69, 9.17) is 10.2 Å². The van der Waals surface area contributed by atoms with Crippen LogP contribution in [0, 0.1) is 0 Å². The lowest BCUT2D eigenvalue weighted by Crippen LogP contribution is -2.53. The van der Waals surface area contributed by atoms with E-state index < -0.39 is 0 Å². The van der Waals surface area contributed by atoms with Crippen LogP contribution in [0.2, 0.25) is 0 Å². The monoisotopic (exact) mass is 250 g/mol. The van der Waals surface area contributed by atoms with Crippen LogP contribution < -0.4 is 11.1 Å². The molecule has 0 radical (unpaired) electrons. The van der Waals surface area contributed by atoms with Gasteiger partial charge in [0.15, 0.2) is 0 Å². The molecule has 1 aromatic rings. The van der Waals surface area contributed by atoms with Gasteiger partial charge in [0, 0.05) is 32.7 Å². The third-order valence-corrected chi connectivity index (χ3v) is 3.80. The lowest BCUT2D eigenvalue weighted by molar-refractivity contribution is 0.0822. The number of urea groups is 1. The second-order valence-corrected chi connectivity index (χ2v) is 4.80. The first-order valence-corrected chi connectivity index (χ1v) is 6.31. The van der Waals surface area contributed by atoms with Gasteiger partial charge in [0.1, 0.15) is 5.76 Å². The minimum atomic E-state index is 0.0574. The molecule has 2 aliphatic heterocycles. The molecule has 2 amide bonds. The minimum absolute atomic E-state index is 0.0574. The summed E-state index contributed by atoms with van der Waals surface area (Å²) in [6.45, 7) is 3.70. The zero-order chi connectivity index (χ0) is 12.5. The highest BCUT2D eigenvalue weighted by molar-refractivity contribution is 5.77. The van der Waals surface area contributed by atoms with E-state index in [1.807, 2.05) is 17.0 Å². The van der Waals surface area contributed by atoms with Gasteiger partial charge in [-0.25, -0.2) is 4.79 Å². The van der Waals surface area contributed by atoms with E-state index in [9.17, 15) is 4.79 Å². The van der Waals surface area contributed by atoms with Gasteiger partial charge in [0.25, 0.3) is 0 Å². The van der Waals surface area contributed by atoms with Gasteiger partial charge < -0.3 is 20.4 Å². The molecule has 3 rings (SSSR count). The molecule has 0 aromatic carbocycles. The Balaban J connectivity index is 1.72. The van der Waals surface area contributed by atoms with Crippen molar-refractivity contribution in [2.75, 3.05) is 32.7 Å². The summed E-state index contributed by atoms with van der Waals surface area (Å²) in [5.74, 6) is 0.906. The van der Waals surface area contributed by atoms with Crippen molar-refractivity contribution in [3.8, 4) is 0 Å². The maximum Gasteiger partial charge on any atom is 0.317 e. The molecule has 2 fully saturated rings. The molecule has 0 spiro atoms. The van der Waals surface area contributed by atoms with Crippen LogP contribution in [-0.2, 0) is 0 Å². The standard InChI is InChI=1S/C12H18N4O2/c13-6-10(11-2-1-5-18-11)15-3-4-16-9(8-15)7-14-12(16)17/h1-2,5,9-10H,3-4,6-8,13H2,(H,14,17). The summed E-state index contributed by atoms with van der Waals surface area (Å²) in [5.41, 5.74) is 5.86. The number of hydrogen-bond acceptors (Lipinski definition) is 4. The topological polar surface area (TPSA) is 74.7 Å². The maximum atomic E-state index is 11.5. The summed E-state index contributed by atoms with van der Waals surface area (Å²) in [7, 11) is 0. The number of piperazine rings is 1. The highest BCUT2D eigenvalue weighted by Gasteiger charge is 2.37. The number of fused-ring (bicyclic) bond motifs is 1. The predicted octanol–water partition coefficient (Wildman–Crippen LogP) is -0.0112. The second-order valence-electron chi connectivity index (χ2n) is 4.80. The van der Waals surface area contributed by atoms with Gasteiger partial charge in [-0.2, -0.15) is 0 Å². The van der Waals surface area contributed by atoms with Crippen molar-refractivity contribution >= 4 is 6.03 Å². The van der Waals surface area contributed by atoms with Gasteiger partial charge in [-0.1, -0.05) is 0 Å². The molecular formula is C12H18N4O2. The Morgan fingerprint density at radius 2 is 2.44 bits per heavy atom. The summed E-state index contributed by atoms with van der Waals surface area (Å²) >= 11 is 0.